The Morgan fingerprint density at radius 1 is 1.16 bits per heavy atom. The Balaban J connectivity index is 1.74. The van der Waals surface area contributed by atoms with Crippen molar-refractivity contribution in [2.45, 2.75) is 45.2 Å². The molecule has 3 rings (SSSR count). The molecule has 0 unspecified atom stereocenters. The minimum absolute atomic E-state index is 0.723. The van der Waals surface area contributed by atoms with Crippen molar-refractivity contribution in [2.24, 2.45) is 0 Å². The van der Waals surface area contributed by atoms with E-state index in [0.717, 1.165) is 12.6 Å². The third-order valence-electron chi connectivity index (χ3n) is 4.04. The minimum Gasteiger partial charge on any atom is -0.320 e. The highest BCUT2D eigenvalue weighted by molar-refractivity contribution is 5.38. The third-order valence-corrected chi connectivity index (χ3v) is 4.04. The summed E-state index contributed by atoms with van der Waals surface area (Å²) in [5.74, 6) is 0. The van der Waals surface area contributed by atoms with E-state index in [1.54, 1.807) is 0 Å². The van der Waals surface area contributed by atoms with Crippen molar-refractivity contribution >= 4 is 0 Å². The maximum atomic E-state index is 3.69. The Morgan fingerprint density at radius 3 is 2.79 bits per heavy atom. The molecular weight excluding hydrogens is 232 g/mol. The maximum Gasteiger partial charge on any atom is 0.0455 e. The Labute approximate surface area is 115 Å². The topological polar surface area (TPSA) is 17.0 Å². The summed E-state index contributed by atoms with van der Waals surface area (Å²) in [7, 11) is 0. The highest BCUT2D eigenvalue weighted by Crippen LogP contribution is 2.19. The molecule has 1 aromatic heterocycles. The van der Waals surface area contributed by atoms with Crippen LogP contribution in [0, 0.1) is 6.92 Å². The Kier molecular flexibility index (Phi) is 3.69. The van der Waals surface area contributed by atoms with Crippen molar-refractivity contribution in [3.05, 3.63) is 53.9 Å². The predicted octanol–water partition coefficient (Wildman–Crippen LogP) is 3.82. The summed E-state index contributed by atoms with van der Waals surface area (Å²) < 4.78 is 2.29. The van der Waals surface area contributed by atoms with E-state index in [1.807, 2.05) is 0 Å². The van der Waals surface area contributed by atoms with Crippen LogP contribution in [-0.2, 0) is 6.54 Å². The Hall–Kier alpha value is -1.54. The van der Waals surface area contributed by atoms with Gasteiger partial charge in [0.25, 0.3) is 0 Å². The molecule has 0 atom stereocenters. The lowest BCUT2D eigenvalue weighted by atomic mass is 10.2. The summed E-state index contributed by atoms with van der Waals surface area (Å²) in [6.07, 6.45) is 7.60. The predicted molar refractivity (Wildman–Crippen MR) is 79.6 cm³/mol. The van der Waals surface area contributed by atoms with E-state index in [1.165, 1.54) is 42.6 Å². The van der Waals surface area contributed by atoms with Gasteiger partial charge in [0, 0.05) is 30.2 Å². The number of hydrogen-bond donors (Lipinski definition) is 1. The molecule has 1 aromatic carbocycles. The Morgan fingerprint density at radius 2 is 2.00 bits per heavy atom. The molecule has 1 aliphatic carbocycles. The van der Waals surface area contributed by atoms with Gasteiger partial charge < -0.3 is 9.88 Å². The van der Waals surface area contributed by atoms with Gasteiger partial charge in [-0.1, -0.05) is 25.0 Å². The molecule has 100 valence electrons. The molecule has 0 spiro atoms. The summed E-state index contributed by atoms with van der Waals surface area (Å²) in [5.41, 5.74) is 3.91. The zero-order valence-corrected chi connectivity index (χ0v) is 11.6. The monoisotopic (exact) mass is 254 g/mol. The standard InChI is InChI=1S/C17H22N2/c1-14-6-4-9-16(12-14)19-11-5-10-17(19)13-18-15-7-2-3-8-15/h4-6,9-12,15,18H,2-3,7-8,13H2,1H3. The smallest absolute Gasteiger partial charge is 0.0455 e. The molecule has 19 heavy (non-hydrogen) atoms. The van der Waals surface area contributed by atoms with E-state index in [0.29, 0.717) is 0 Å². The van der Waals surface area contributed by atoms with E-state index >= 15 is 0 Å². The first kappa shape index (κ1) is 12.5. The normalized spacial score (nSPS) is 16.1. The van der Waals surface area contributed by atoms with E-state index in [-0.39, 0.29) is 0 Å². The number of hydrogen-bond acceptors (Lipinski definition) is 1. The van der Waals surface area contributed by atoms with Crippen LogP contribution in [-0.4, -0.2) is 10.6 Å². The lowest BCUT2D eigenvalue weighted by Gasteiger charge is -2.14. The van der Waals surface area contributed by atoms with E-state index < -0.39 is 0 Å². The van der Waals surface area contributed by atoms with Crippen LogP contribution in [0.5, 0.6) is 0 Å². The molecule has 1 saturated carbocycles. The van der Waals surface area contributed by atoms with Crippen molar-refractivity contribution in [3.63, 3.8) is 0 Å². The highest BCUT2D eigenvalue weighted by atomic mass is 15.0. The average molecular weight is 254 g/mol. The third kappa shape index (κ3) is 2.90. The molecule has 1 N–H and O–H groups in total. The van der Waals surface area contributed by atoms with Crippen molar-refractivity contribution in [2.75, 3.05) is 0 Å². The van der Waals surface area contributed by atoms with Gasteiger partial charge in [-0.05, 0) is 49.6 Å². The summed E-state index contributed by atoms with van der Waals surface area (Å²) in [6, 6.07) is 13.7. The lowest BCUT2D eigenvalue weighted by Crippen LogP contribution is -2.26. The van der Waals surface area contributed by atoms with Crippen molar-refractivity contribution in [1.29, 1.82) is 0 Å². The fourth-order valence-electron chi connectivity index (χ4n) is 2.97. The summed E-state index contributed by atoms with van der Waals surface area (Å²) >= 11 is 0. The second-order valence-electron chi connectivity index (χ2n) is 5.57. The van der Waals surface area contributed by atoms with Crippen molar-refractivity contribution < 1.29 is 0 Å². The molecule has 0 amide bonds. The molecule has 0 aliphatic heterocycles. The van der Waals surface area contributed by atoms with Gasteiger partial charge in [-0.25, -0.2) is 0 Å². The molecular formula is C17H22N2. The number of nitrogens with one attached hydrogen (secondary N) is 1. The molecule has 0 saturated heterocycles. The summed E-state index contributed by atoms with van der Waals surface area (Å²) in [6.45, 7) is 3.11. The second-order valence-corrected chi connectivity index (χ2v) is 5.57. The summed E-state index contributed by atoms with van der Waals surface area (Å²) in [5, 5.41) is 3.69. The molecule has 2 aromatic rings. The van der Waals surface area contributed by atoms with E-state index in [2.05, 4.69) is 59.4 Å². The van der Waals surface area contributed by atoms with Crippen LogP contribution < -0.4 is 5.32 Å². The largest absolute Gasteiger partial charge is 0.320 e. The van der Waals surface area contributed by atoms with E-state index in [9.17, 15) is 0 Å². The van der Waals surface area contributed by atoms with Gasteiger partial charge in [-0.2, -0.15) is 0 Å². The van der Waals surface area contributed by atoms with Gasteiger partial charge in [-0.3, -0.25) is 0 Å². The zero-order chi connectivity index (χ0) is 13.1. The molecule has 0 bridgehead atoms. The molecule has 2 heteroatoms. The van der Waals surface area contributed by atoms with Crippen LogP contribution >= 0.6 is 0 Å². The van der Waals surface area contributed by atoms with E-state index in [4.69, 9.17) is 0 Å². The molecule has 1 fully saturated rings. The van der Waals surface area contributed by atoms with Crippen LogP contribution in [0.15, 0.2) is 42.6 Å². The Bertz CT molecular complexity index is 536. The van der Waals surface area contributed by atoms with Gasteiger partial charge in [0.1, 0.15) is 0 Å². The number of aromatic nitrogens is 1. The highest BCUT2D eigenvalue weighted by Gasteiger charge is 2.14. The first-order valence-corrected chi connectivity index (χ1v) is 7.29. The quantitative estimate of drug-likeness (QED) is 0.877. The van der Waals surface area contributed by atoms with Crippen LogP contribution in [0.2, 0.25) is 0 Å². The number of nitrogens with zero attached hydrogens (tertiary/aromatic N) is 1. The minimum atomic E-state index is 0.723. The van der Waals surface area contributed by atoms with Crippen LogP contribution in [0.4, 0.5) is 0 Å². The summed E-state index contributed by atoms with van der Waals surface area (Å²) in [4.78, 5) is 0. The average Bonchev–Trinajstić information content (AvgIpc) is 3.08. The number of benzene rings is 1. The zero-order valence-electron chi connectivity index (χ0n) is 11.6. The van der Waals surface area contributed by atoms with Crippen molar-refractivity contribution in [1.82, 2.24) is 9.88 Å². The van der Waals surface area contributed by atoms with Crippen LogP contribution in [0.25, 0.3) is 5.69 Å². The maximum absolute atomic E-state index is 3.69. The van der Waals surface area contributed by atoms with Crippen molar-refractivity contribution in [3.8, 4) is 5.69 Å². The number of aryl methyl sites for hydroxylation is 1. The van der Waals surface area contributed by atoms with Gasteiger partial charge >= 0.3 is 0 Å². The van der Waals surface area contributed by atoms with Crippen LogP contribution in [0.3, 0.4) is 0 Å². The number of rotatable bonds is 4. The molecule has 1 aliphatic rings. The second kappa shape index (κ2) is 5.62. The molecule has 2 nitrogen and oxygen atoms in total. The fourth-order valence-corrected chi connectivity index (χ4v) is 2.97. The van der Waals surface area contributed by atoms with Gasteiger partial charge in [0.15, 0.2) is 0 Å². The van der Waals surface area contributed by atoms with Gasteiger partial charge in [-0.15, -0.1) is 0 Å². The fraction of sp³-hybridized carbons (Fsp3) is 0.412. The molecule has 0 radical (unpaired) electrons. The van der Waals surface area contributed by atoms with Gasteiger partial charge in [0.05, 0.1) is 0 Å². The van der Waals surface area contributed by atoms with Crippen LogP contribution in [0.1, 0.15) is 36.9 Å². The van der Waals surface area contributed by atoms with Gasteiger partial charge in [0.2, 0.25) is 0 Å². The first-order valence-electron chi connectivity index (χ1n) is 7.29. The molecule has 1 heterocycles. The lowest BCUT2D eigenvalue weighted by molar-refractivity contribution is 0.516. The SMILES string of the molecule is Cc1cccc(-n2cccc2CNC2CCCC2)c1. The first-order chi connectivity index (χ1) is 9.33.